The minimum atomic E-state index is -0.512. The quantitative estimate of drug-likeness (QED) is 0.687. The van der Waals surface area contributed by atoms with E-state index in [0.717, 1.165) is 17.0 Å². The summed E-state index contributed by atoms with van der Waals surface area (Å²) >= 11 is 0. The molecule has 25 heavy (non-hydrogen) atoms. The van der Waals surface area contributed by atoms with Crippen LogP contribution in [0.4, 0.5) is 5.82 Å². The number of carbonyl (C=O) groups is 1. The van der Waals surface area contributed by atoms with Crippen LogP contribution in [0.15, 0.2) is 51.5 Å². The molecule has 1 unspecified atom stereocenters. The number of nitrogens with one attached hydrogen (secondary N) is 2. The predicted octanol–water partition coefficient (Wildman–Crippen LogP) is 2.79. The summed E-state index contributed by atoms with van der Waals surface area (Å²) in [5.41, 5.74) is 1.71. The number of carbonyl (C=O) groups excluding carboxylic acids is 1. The van der Waals surface area contributed by atoms with Gasteiger partial charge in [0, 0.05) is 25.1 Å². The molecule has 3 rings (SSSR count). The molecule has 0 aliphatic rings. The van der Waals surface area contributed by atoms with Gasteiger partial charge in [-0.15, -0.1) is 0 Å². The molecule has 7 nitrogen and oxygen atoms in total. The maximum atomic E-state index is 12.7. The van der Waals surface area contributed by atoms with Gasteiger partial charge in [0.15, 0.2) is 5.82 Å². The standard InChI is InChI=1S/C18H20N4O3/c1-12-10-15(25-21-12)8-9-19-17(14-6-4-3-5-7-14)18(23)20-16-11-13(2)24-22-16/h3-7,10-11,17,19H,8-9H2,1-2H3,(H,20,22,23). The molecular formula is C18H20N4O3. The molecule has 0 spiro atoms. The van der Waals surface area contributed by atoms with Crippen LogP contribution in [0, 0.1) is 13.8 Å². The van der Waals surface area contributed by atoms with Gasteiger partial charge in [0.25, 0.3) is 0 Å². The van der Waals surface area contributed by atoms with E-state index in [0.29, 0.717) is 24.5 Å². The summed E-state index contributed by atoms with van der Waals surface area (Å²) in [7, 11) is 0. The van der Waals surface area contributed by atoms with Crippen LogP contribution in [0.3, 0.4) is 0 Å². The molecule has 2 N–H and O–H groups in total. The lowest BCUT2D eigenvalue weighted by Crippen LogP contribution is -2.34. The normalized spacial score (nSPS) is 12.1. The van der Waals surface area contributed by atoms with E-state index in [1.54, 1.807) is 13.0 Å². The Morgan fingerprint density at radius 3 is 2.56 bits per heavy atom. The van der Waals surface area contributed by atoms with Crippen LogP contribution in [0.25, 0.3) is 0 Å². The SMILES string of the molecule is Cc1cc(CCNC(C(=O)Nc2cc(C)on2)c2ccccc2)on1. The van der Waals surface area contributed by atoms with E-state index in [1.165, 1.54) is 0 Å². The number of anilines is 1. The highest BCUT2D eigenvalue weighted by Crippen LogP contribution is 2.16. The third kappa shape index (κ3) is 4.54. The van der Waals surface area contributed by atoms with E-state index in [1.807, 2.05) is 43.3 Å². The van der Waals surface area contributed by atoms with Gasteiger partial charge < -0.3 is 19.7 Å². The van der Waals surface area contributed by atoms with Crippen LogP contribution in [0.1, 0.15) is 28.8 Å². The monoisotopic (exact) mass is 340 g/mol. The van der Waals surface area contributed by atoms with Gasteiger partial charge in [0.1, 0.15) is 17.6 Å². The highest BCUT2D eigenvalue weighted by Gasteiger charge is 2.21. The molecule has 130 valence electrons. The van der Waals surface area contributed by atoms with Crippen LogP contribution < -0.4 is 10.6 Å². The zero-order valence-electron chi connectivity index (χ0n) is 14.2. The Morgan fingerprint density at radius 1 is 1.12 bits per heavy atom. The van der Waals surface area contributed by atoms with Crippen LogP contribution in [0.5, 0.6) is 0 Å². The second-order valence-electron chi connectivity index (χ2n) is 5.79. The van der Waals surface area contributed by atoms with Gasteiger partial charge in [-0.1, -0.05) is 40.6 Å². The van der Waals surface area contributed by atoms with Crippen LogP contribution in [0.2, 0.25) is 0 Å². The Morgan fingerprint density at radius 2 is 1.92 bits per heavy atom. The molecule has 1 aromatic carbocycles. The largest absolute Gasteiger partial charge is 0.361 e. The van der Waals surface area contributed by atoms with Gasteiger partial charge in [0.05, 0.1) is 5.69 Å². The second-order valence-corrected chi connectivity index (χ2v) is 5.79. The van der Waals surface area contributed by atoms with Crippen LogP contribution >= 0.6 is 0 Å². The molecule has 0 saturated heterocycles. The lowest BCUT2D eigenvalue weighted by Gasteiger charge is -2.17. The molecule has 0 aliphatic carbocycles. The maximum absolute atomic E-state index is 12.7. The van der Waals surface area contributed by atoms with E-state index in [9.17, 15) is 4.79 Å². The average Bonchev–Trinajstić information content (AvgIpc) is 3.20. The Labute approximate surface area is 145 Å². The Hall–Kier alpha value is -2.93. The number of amides is 1. The summed E-state index contributed by atoms with van der Waals surface area (Å²) in [5, 5.41) is 13.7. The van der Waals surface area contributed by atoms with E-state index >= 15 is 0 Å². The number of hydrogen-bond acceptors (Lipinski definition) is 6. The third-order valence-electron chi connectivity index (χ3n) is 3.67. The fourth-order valence-electron chi connectivity index (χ4n) is 2.50. The zero-order chi connectivity index (χ0) is 17.6. The fraction of sp³-hybridized carbons (Fsp3) is 0.278. The van der Waals surface area contributed by atoms with Crippen LogP contribution in [-0.4, -0.2) is 22.8 Å². The summed E-state index contributed by atoms with van der Waals surface area (Å²) in [6.07, 6.45) is 0.639. The molecule has 3 aromatic rings. The van der Waals surface area contributed by atoms with E-state index < -0.39 is 6.04 Å². The molecule has 2 heterocycles. The van der Waals surface area contributed by atoms with Crippen molar-refractivity contribution >= 4 is 11.7 Å². The zero-order valence-corrected chi connectivity index (χ0v) is 14.2. The predicted molar refractivity (Wildman–Crippen MR) is 92.0 cm³/mol. The van der Waals surface area contributed by atoms with Gasteiger partial charge >= 0.3 is 0 Å². The van der Waals surface area contributed by atoms with Crippen molar-refractivity contribution in [2.75, 3.05) is 11.9 Å². The highest BCUT2D eigenvalue weighted by molar-refractivity contribution is 5.94. The van der Waals surface area contributed by atoms with Crippen molar-refractivity contribution < 1.29 is 13.8 Å². The Bertz CT molecular complexity index is 826. The van der Waals surface area contributed by atoms with Crippen molar-refractivity contribution in [3.05, 3.63) is 65.2 Å². The van der Waals surface area contributed by atoms with Gasteiger partial charge in [0.2, 0.25) is 5.91 Å². The smallest absolute Gasteiger partial charge is 0.247 e. The molecule has 1 atom stereocenters. The van der Waals surface area contributed by atoms with Crippen molar-refractivity contribution in [2.45, 2.75) is 26.3 Å². The van der Waals surface area contributed by atoms with Gasteiger partial charge in [-0.2, -0.15) is 0 Å². The number of aryl methyl sites for hydroxylation is 2. The number of hydrogen-bond donors (Lipinski definition) is 2. The molecule has 0 aliphatic heterocycles. The van der Waals surface area contributed by atoms with Crippen molar-refractivity contribution in [1.82, 2.24) is 15.6 Å². The topological polar surface area (TPSA) is 93.2 Å². The first-order chi connectivity index (χ1) is 12.1. The molecule has 7 heteroatoms. The van der Waals surface area contributed by atoms with Crippen molar-refractivity contribution in [3.63, 3.8) is 0 Å². The van der Waals surface area contributed by atoms with Crippen molar-refractivity contribution in [1.29, 1.82) is 0 Å². The highest BCUT2D eigenvalue weighted by atomic mass is 16.5. The number of rotatable bonds is 7. The summed E-state index contributed by atoms with van der Waals surface area (Å²) in [6, 6.07) is 12.6. The molecule has 2 aromatic heterocycles. The lowest BCUT2D eigenvalue weighted by molar-refractivity contribution is -0.118. The van der Waals surface area contributed by atoms with E-state index in [4.69, 9.17) is 9.05 Å². The Kier molecular flexibility index (Phi) is 5.25. The van der Waals surface area contributed by atoms with E-state index in [-0.39, 0.29) is 5.91 Å². The lowest BCUT2D eigenvalue weighted by atomic mass is 10.1. The second kappa shape index (κ2) is 7.76. The first kappa shape index (κ1) is 16.9. The Balaban J connectivity index is 1.67. The van der Waals surface area contributed by atoms with E-state index in [2.05, 4.69) is 20.9 Å². The minimum absolute atomic E-state index is 0.201. The molecular weight excluding hydrogens is 320 g/mol. The number of benzene rings is 1. The summed E-state index contributed by atoms with van der Waals surface area (Å²) in [4.78, 5) is 12.7. The minimum Gasteiger partial charge on any atom is -0.361 e. The first-order valence-corrected chi connectivity index (χ1v) is 8.06. The van der Waals surface area contributed by atoms with Gasteiger partial charge in [-0.05, 0) is 19.4 Å². The van der Waals surface area contributed by atoms with Gasteiger partial charge in [-0.25, -0.2) is 0 Å². The molecule has 0 saturated carbocycles. The number of aromatic nitrogens is 2. The molecule has 0 fully saturated rings. The fourth-order valence-corrected chi connectivity index (χ4v) is 2.50. The summed E-state index contributed by atoms with van der Waals surface area (Å²) in [5.74, 6) is 1.62. The van der Waals surface area contributed by atoms with Crippen molar-refractivity contribution in [3.8, 4) is 0 Å². The maximum Gasteiger partial charge on any atom is 0.247 e. The van der Waals surface area contributed by atoms with Crippen LogP contribution in [-0.2, 0) is 11.2 Å². The number of nitrogens with zero attached hydrogens (tertiary/aromatic N) is 2. The molecule has 1 amide bonds. The summed E-state index contributed by atoms with van der Waals surface area (Å²) < 4.78 is 10.2. The van der Waals surface area contributed by atoms with Crippen molar-refractivity contribution in [2.24, 2.45) is 0 Å². The average molecular weight is 340 g/mol. The summed E-state index contributed by atoms with van der Waals surface area (Å²) in [6.45, 7) is 4.22. The molecule has 0 radical (unpaired) electrons. The van der Waals surface area contributed by atoms with Gasteiger partial charge in [-0.3, -0.25) is 4.79 Å². The first-order valence-electron chi connectivity index (χ1n) is 8.06. The third-order valence-corrected chi connectivity index (χ3v) is 3.67. The molecule has 0 bridgehead atoms.